The van der Waals surface area contributed by atoms with Crippen LogP contribution in [0.4, 0.5) is 0 Å². The first-order valence-corrected chi connectivity index (χ1v) is 5.36. The molecule has 1 aliphatic rings. The number of halogens is 2. The minimum absolute atomic E-state index is 0.319. The number of alkyl halides is 1. The van der Waals surface area contributed by atoms with Crippen LogP contribution in [0.3, 0.4) is 0 Å². The Bertz CT molecular complexity index is 312. The van der Waals surface area contributed by atoms with Gasteiger partial charge in [-0.2, -0.15) is 0 Å². The summed E-state index contributed by atoms with van der Waals surface area (Å²) in [6, 6.07) is 3.99. The van der Waals surface area contributed by atoms with Crippen LogP contribution in [0.2, 0.25) is 0 Å². The largest absolute Gasteiger partial charge is 0.454 e. The molecule has 2 rings (SSSR count). The van der Waals surface area contributed by atoms with Gasteiger partial charge in [0.2, 0.25) is 6.79 Å². The molecule has 0 fully saturated rings. The second-order valence-electron chi connectivity index (χ2n) is 2.45. The van der Waals surface area contributed by atoms with Gasteiger partial charge in [0.15, 0.2) is 11.5 Å². The SMILES string of the molecule is BrCc1cc(Br)c2c(c1)OCO2. The third kappa shape index (κ3) is 1.33. The summed E-state index contributed by atoms with van der Waals surface area (Å²) in [7, 11) is 0. The number of hydrogen-bond acceptors (Lipinski definition) is 2. The molecule has 1 heterocycles. The van der Waals surface area contributed by atoms with Crippen LogP contribution in [0.5, 0.6) is 11.5 Å². The molecule has 0 bridgehead atoms. The summed E-state index contributed by atoms with van der Waals surface area (Å²) in [5.41, 5.74) is 1.17. The highest BCUT2D eigenvalue weighted by molar-refractivity contribution is 9.10. The van der Waals surface area contributed by atoms with E-state index in [9.17, 15) is 0 Å². The highest BCUT2D eigenvalue weighted by Crippen LogP contribution is 2.40. The first kappa shape index (κ1) is 8.38. The molecule has 0 aromatic heterocycles. The molecule has 4 heteroatoms. The summed E-state index contributed by atoms with van der Waals surface area (Å²) in [4.78, 5) is 0. The molecule has 0 spiro atoms. The van der Waals surface area contributed by atoms with E-state index < -0.39 is 0 Å². The Morgan fingerprint density at radius 2 is 2.17 bits per heavy atom. The summed E-state index contributed by atoms with van der Waals surface area (Å²) < 4.78 is 11.4. The average molecular weight is 294 g/mol. The third-order valence-electron chi connectivity index (χ3n) is 1.64. The van der Waals surface area contributed by atoms with Gasteiger partial charge in [-0.1, -0.05) is 15.9 Å². The van der Waals surface area contributed by atoms with E-state index in [2.05, 4.69) is 31.9 Å². The zero-order valence-corrected chi connectivity index (χ0v) is 9.31. The molecule has 2 nitrogen and oxygen atoms in total. The fraction of sp³-hybridized carbons (Fsp3) is 0.250. The molecule has 0 saturated heterocycles. The van der Waals surface area contributed by atoms with E-state index in [1.165, 1.54) is 5.56 Å². The van der Waals surface area contributed by atoms with Crippen molar-refractivity contribution in [1.82, 2.24) is 0 Å². The summed E-state index contributed by atoms with van der Waals surface area (Å²) in [5, 5.41) is 0.822. The van der Waals surface area contributed by atoms with E-state index in [1.54, 1.807) is 0 Å². The lowest BCUT2D eigenvalue weighted by Gasteiger charge is -2.01. The van der Waals surface area contributed by atoms with Gasteiger partial charge in [-0.05, 0) is 33.6 Å². The van der Waals surface area contributed by atoms with Crippen molar-refractivity contribution in [2.45, 2.75) is 5.33 Å². The lowest BCUT2D eigenvalue weighted by Crippen LogP contribution is -1.93. The van der Waals surface area contributed by atoms with Crippen molar-refractivity contribution in [2.24, 2.45) is 0 Å². The van der Waals surface area contributed by atoms with Gasteiger partial charge in [0.25, 0.3) is 0 Å². The Kier molecular flexibility index (Phi) is 2.28. The van der Waals surface area contributed by atoms with Gasteiger partial charge in [-0.25, -0.2) is 0 Å². The predicted octanol–water partition coefficient (Wildman–Crippen LogP) is 3.07. The van der Waals surface area contributed by atoms with Gasteiger partial charge in [0.05, 0.1) is 4.47 Å². The van der Waals surface area contributed by atoms with Crippen molar-refractivity contribution < 1.29 is 9.47 Å². The molecule has 0 aliphatic carbocycles. The van der Waals surface area contributed by atoms with Crippen LogP contribution in [0.25, 0.3) is 0 Å². The van der Waals surface area contributed by atoms with E-state index in [1.807, 2.05) is 12.1 Å². The molecule has 12 heavy (non-hydrogen) atoms. The molecule has 0 amide bonds. The molecule has 64 valence electrons. The molecular formula is C8H6Br2O2. The van der Waals surface area contributed by atoms with Crippen molar-refractivity contribution >= 4 is 31.9 Å². The van der Waals surface area contributed by atoms with E-state index in [0.717, 1.165) is 21.3 Å². The molecule has 1 aromatic rings. The zero-order valence-electron chi connectivity index (χ0n) is 6.14. The topological polar surface area (TPSA) is 18.5 Å². The third-order valence-corrected chi connectivity index (χ3v) is 2.88. The number of benzene rings is 1. The standard InChI is InChI=1S/C8H6Br2O2/c9-3-5-1-6(10)8-7(2-5)11-4-12-8/h1-2H,3-4H2. The van der Waals surface area contributed by atoms with Crippen LogP contribution in [-0.4, -0.2) is 6.79 Å². The summed E-state index contributed by atoms with van der Waals surface area (Å²) in [5.74, 6) is 1.62. The molecule has 0 saturated carbocycles. The predicted molar refractivity (Wildman–Crippen MR) is 52.9 cm³/mol. The molecular weight excluding hydrogens is 288 g/mol. The van der Waals surface area contributed by atoms with Gasteiger partial charge < -0.3 is 9.47 Å². The van der Waals surface area contributed by atoms with E-state index in [4.69, 9.17) is 9.47 Å². The minimum Gasteiger partial charge on any atom is -0.454 e. The van der Waals surface area contributed by atoms with Crippen molar-refractivity contribution in [2.75, 3.05) is 6.79 Å². The quantitative estimate of drug-likeness (QED) is 0.741. The van der Waals surface area contributed by atoms with Gasteiger partial charge in [-0.3, -0.25) is 0 Å². The Hall–Kier alpha value is -0.220. The van der Waals surface area contributed by atoms with Crippen molar-refractivity contribution in [3.8, 4) is 11.5 Å². The maximum Gasteiger partial charge on any atom is 0.231 e. The number of rotatable bonds is 1. The van der Waals surface area contributed by atoms with Crippen LogP contribution in [0.15, 0.2) is 16.6 Å². The molecule has 0 N–H and O–H groups in total. The maximum absolute atomic E-state index is 5.25. The van der Waals surface area contributed by atoms with Crippen LogP contribution in [0.1, 0.15) is 5.56 Å². The normalized spacial score (nSPS) is 13.5. The fourth-order valence-electron chi connectivity index (χ4n) is 1.10. The van der Waals surface area contributed by atoms with Crippen molar-refractivity contribution in [3.63, 3.8) is 0 Å². The maximum atomic E-state index is 5.25. The molecule has 0 radical (unpaired) electrons. The second-order valence-corrected chi connectivity index (χ2v) is 3.86. The van der Waals surface area contributed by atoms with E-state index >= 15 is 0 Å². The lowest BCUT2D eigenvalue weighted by atomic mass is 10.2. The van der Waals surface area contributed by atoms with Crippen LogP contribution < -0.4 is 9.47 Å². The number of hydrogen-bond donors (Lipinski definition) is 0. The first-order chi connectivity index (χ1) is 5.81. The average Bonchev–Trinajstić information content (AvgIpc) is 2.52. The monoisotopic (exact) mass is 292 g/mol. The van der Waals surface area contributed by atoms with E-state index in [0.29, 0.717) is 6.79 Å². The number of ether oxygens (including phenoxy) is 2. The Morgan fingerprint density at radius 3 is 2.92 bits per heavy atom. The molecule has 1 aromatic carbocycles. The van der Waals surface area contributed by atoms with Crippen LogP contribution >= 0.6 is 31.9 Å². The summed E-state index contributed by atoms with van der Waals surface area (Å²) >= 11 is 6.80. The van der Waals surface area contributed by atoms with Gasteiger partial charge in [-0.15, -0.1) is 0 Å². The van der Waals surface area contributed by atoms with Crippen molar-refractivity contribution in [1.29, 1.82) is 0 Å². The first-order valence-electron chi connectivity index (χ1n) is 3.45. The fourth-order valence-corrected chi connectivity index (χ4v) is 2.03. The van der Waals surface area contributed by atoms with Crippen LogP contribution in [0, 0.1) is 0 Å². The number of fused-ring (bicyclic) bond motifs is 1. The van der Waals surface area contributed by atoms with Crippen LogP contribution in [-0.2, 0) is 5.33 Å². The van der Waals surface area contributed by atoms with E-state index in [-0.39, 0.29) is 0 Å². The van der Waals surface area contributed by atoms with Gasteiger partial charge >= 0.3 is 0 Å². The van der Waals surface area contributed by atoms with Crippen molar-refractivity contribution in [3.05, 3.63) is 22.2 Å². The minimum atomic E-state index is 0.319. The Morgan fingerprint density at radius 1 is 1.33 bits per heavy atom. The highest BCUT2D eigenvalue weighted by atomic mass is 79.9. The Labute approximate surface area is 87.1 Å². The zero-order chi connectivity index (χ0) is 8.55. The Balaban J connectivity index is 2.51. The lowest BCUT2D eigenvalue weighted by molar-refractivity contribution is 0.173. The summed E-state index contributed by atoms with van der Waals surface area (Å²) in [6.45, 7) is 0.319. The van der Waals surface area contributed by atoms with Gasteiger partial charge in [0.1, 0.15) is 0 Å². The molecule has 0 atom stereocenters. The smallest absolute Gasteiger partial charge is 0.231 e. The second kappa shape index (κ2) is 3.26. The highest BCUT2D eigenvalue weighted by Gasteiger charge is 2.17. The molecule has 0 unspecified atom stereocenters. The van der Waals surface area contributed by atoms with Gasteiger partial charge in [0, 0.05) is 5.33 Å². The molecule has 1 aliphatic heterocycles. The summed E-state index contributed by atoms with van der Waals surface area (Å²) in [6.07, 6.45) is 0.